The van der Waals surface area contributed by atoms with Crippen molar-refractivity contribution in [1.29, 1.82) is 0 Å². The molecule has 1 amide bonds. The normalized spacial score (nSPS) is 18.2. The highest BCUT2D eigenvalue weighted by Gasteiger charge is 2.27. The summed E-state index contributed by atoms with van der Waals surface area (Å²) in [4.78, 5) is 18.2. The fourth-order valence-corrected chi connectivity index (χ4v) is 2.68. The van der Waals surface area contributed by atoms with E-state index >= 15 is 0 Å². The lowest BCUT2D eigenvalue weighted by Crippen LogP contribution is -2.42. The maximum Gasteiger partial charge on any atom is 0.255 e. The molecule has 22 heavy (non-hydrogen) atoms. The molecule has 0 saturated carbocycles. The molecule has 1 N–H and O–H groups in total. The van der Waals surface area contributed by atoms with Gasteiger partial charge in [0.05, 0.1) is 23.7 Å². The van der Waals surface area contributed by atoms with Gasteiger partial charge in [0, 0.05) is 18.9 Å². The number of amides is 1. The molecule has 1 fully saturated rings. The number of rotatable bonds is 2. The number of morpholine rings is 1. The highest BCUT2D eigenvalue weighted by Crippen LogP contribution is 2.26. The first-order valence-electron chi connectivity index (χ1n) is 6.94. The molecule has 0 aliphatic carbocycles. The Kier molecular flexibility index (Phi) is 4.27. The van der Waals surface area contributed by atoms with Crippen molar-refractivity contribution in [2.75, 3.05) is 19.7 Å². The van der Waals surface area contributed by atoms with Crippen LogP contribution in [0.2, 0.25) is 5.02 Å². The molecule has 5 nitrogen and oxygen atoms in total. The number of carbonyl (C=O) groups is 1. The molecule has 0 unspecified atom stereocenters. The molecule has 1 atom stereocenters. The second kappa shape index (κ2) is 6.34. The molecule has 0 bridgehead atoms. The smallest absolute Gasteiger partial charge is 0.255 e. The molecule has 1 aliphatic rings. The van der Waals surface area contributed by atoms with Gasteiger partial charge in [0.2, 0.25) is 0 Å². The molecule has 0 spiro atoms. The van der Waals surface area contributed by atoms with Crippen LogP contribution in [-0.2, 0) is 4.74 Å². The summed E-state index contributed by atoms with van der Waals surface area (Å²) >= 11 is 6.04. The molecule has 2 aromatic rings. The van der Waals surface area contributed by atoms with Crippen molar-refractivity contribution < 1.29 is 14.6 Å². The van der Waals surface area contributed by atoms with Crippen LogP contribution in [0.1, 0.15) is 22.0 Å². The van der Waals surface area contributed by atoms with Crippen molar-refractivity contribution in [3.05, 3.63) is 58.9 Å². The fraction of sp³-hybridized carbons (Fsp3) is 0.250. The standard InChI is InChI=1S/C16H15ClN2O3/c17-14-9-18-5-4-13(14)16(21)19-6-7-22-15(10-19)11-2-1-3-12(20)8-11/h1-5,8-9,15,20H,6-7,10H2/t15-/m1/s1. The number of aromatic nitrogens is 1. The SMILES string of the molecule is O=C(c1ccncc1Cl)N1CCO[C@@H](c2cccc(O)c2)C1. The quantitative estimate of drug-likeness (QED) is 0.924. The highest BCUT2D eigenvalue weighted by molar-refractivity contribution is 6.33. The number of benzene rings is 1. The predicted molar refractivity (Wildman–Crippen MR) is 82.0 cm³/mol. The van der Waals surface area contributed by atoms with E-state index in [4.69, 9.17) is 16.3 Å². The van der Waals surface area contributed by atoms with Gasteiger partial charge in [-0.05, 0) is 23.8 Å². The van der Waals surface area contributed by atoms with Crippen molar-refractivity contribution in [3.8, 4) is 5.75 Å². The average Bonchev–Trinajstić information content (AvgIpc) is 2.55. The lowest BCUT2D eigenvalue weighted by atomic mass is 10.1. The Balaban J connectivity index is 1.78. The van der Waals surface area contributed by atoms with Gasteiger partial charge < -0.3 is 14.7 Å². The molecule has 2 heterocycles. The summed E-state index contributed by atoms with van der Waals surface area (Å²) in [5.41, 5.74) is 1.28. The van der Waals surface area contributed by atoms with Gasteiger partial charge in [0.15, 0.2) is 0 Å². The summed E-state index contributed by atoms with van der Waals surface area (Å²) in [5, 5.41) is 9.91. The first-order chi connectivity index (χ1) is 10.6. The van der Waals surface area contributed by atoms with E-state index in [2.05, 4.69) is 4.98 Å². The Morgan fingerprint density at radius 1 is 1.41 bits per heavy atom. The number of hydrogen-bond donors (Lipinski definition) is 1. The average molecular weight is 319 g/mol. The van der Waals surface area contributed by atoms with Crippen LogP contribution in [0.5, 0.6) is 5.75 Å². The Labute approximate surface area is 133 Å². The van der Waals surface area contributed by atoms with Crippen LogP contribution in [0.15, 0.2) is 42.7 Å². The van der Waals surface area contributed by atoms with E-state index in [1.54, 1.807) is 35.4 Å². The second-order valence-corrected chi connectivity index (χ2v) is 5.47. The number of hydrogen-bond acceptors (Lipinski definition) is 4. The third-order valence-corrected chi connectivity index (χ3v) is 3.90. The van der Waals surface area contributed by atoms with E-state index in [-0.39, 0.29) is 17.8 Å². The first-order valence-corrected chi connectivity index (χ1v) is 7.32. The second-order valence-electron chi connectivity index (χ2n) is 5.06. The van der Waals surface area contributed by atoms with Crippen LogP contribution in [-0.4, -0.2) is 40.6 Å². The van der Waals surface area contributed by atoms with Crippen LogP contribution in [0, 0.1) is 0 Å². The van der Waals surface area contributed by atoms with Gasteiger partial charge >= 0.3 is 0 Å². The highest BCUT2D eigenvalue weighted by atomic mass is 35.5. The van der Waals surface area contributed by atoms with E-state index in [1.807, 2.05) is 6.07 Å². The lowest BCUT2D eigenvalue weighted by molar-refractivity contribution is -0.0228. The lowest BCUT2D eigenvalue weighted by Gasteiger charge is -2.33. The first kappa shape index (κ1) is 14.8. The van der Waals surface area contributed by atoms with Crippen molar-refractivity contribution in [1.82, 2.24) is 9.88 Å². The Bertz CT molecular complexity index is 693. The molecule has 1 aromatic heterocycles. The van der Waals surface area contributed by atoms with Gasteiger partial charge in [0.25, 0.3) is 5.91 Å². The number of nitrogens with zero attached hydrogens (tertiary/aromatic N) is 2. The molecule has 3 rings (SSSR count). The van der Waals surface area contributed by atoms with Crippen molar-refractivity contribution in [2.24, 2.45) is 0 Å². The number of aromatic hydroxyl groups is 1. The van der Waals surface area contributed by atoms with Crippen molar-refractivity contribution in [2.45, 2.75) is 6.10 Å². The molecular formula is C16H15ClN2O3. The molecule has 1 aromatic carbocycles. The van der Waals surface area contributed by atoms with Crippen LogP contribution >= 0.6 is 11.6 Å². The zero-order chi connectivity index (χ0) is 15.5. The van der Waals surface area contributed by atoms with E-state index < -0.39 is 0 Å². The van der Waals surface area contributed by atoms with E-state index in [0.717, 1.165) is 5.56 Å². The predicted octanol–water partition coefficient (Wildman–Crippen LogP) is 2.65. The molecule has 6 heteroatoms. The number of halogens is 1. The number of phenols is 1. The fourth-order valence-electron chi connectivity index (χ4n) is 2.48. The van der Waals surface area contributed by atoms with Gasteiger partial charge in [-0.15, -0.1) is 0 Å². The van der Waals surface area contributed by atoms with E-state index in [1.165, 1.54) is 6.20 Å². The summed E-state index contributed by atoms with van der Waals surface area (Å²) in [6.45, 7) is 1.36. The number of carbonyl (C=O) groups excluding carboxylic acids is 1. The Hall–Kier alpha value is -2.11. The zero-order valence-electron chi connectivity index (χ0n) is 11.8. The third kappa shape index (κ3) is 3.05. The van der Waals surface area contributed by atoms with Crippen LogP contribution in [0.25, 0.3) is 0 Å². The van der Waals surface area contributed by atoms with Gasteiger partial charge in [-0.25, -0.2) is 0 Å². The van der Waals surface area contributed by atoms with Crippen LogP contribution in [0.3, 0.4) is 0 Å². The van der Waals surface area contributed by atoms with E-state index in [9.17, 15) is 9.90 Å². The van der Waals surface area contributed by atoms with Gasteiger partial charge in [-0.1, -0.05) is 23.7 Å². The monoisotopic (exact) mass is 318 g/mol. The van der Waals surface area contributed by atoms with E-state index in [0.29, 0.717) is 30.3 Å². The Morgan fingerprint density at radius 2 is 2.27 bits per heavy atom. The summed E-state index contributed by atoms with van der Waals surface area (Å²) in [5.74, 6) is 0.0441. The van der Waals surface area contributed by atoms with Crippen LogP contribution < -0.4 is 0 Å². The third-order valence-electron chi connectivity index (χ3n) is 3.60. The van der Waals surface area contributed by atoms with Gasteiger partial charge in [-0.2, -0.15) is 0 Å². The molecular weight excluding hydrogens is 304 g/mol. The summed E-state index contributed by atoms with van der Waals surface area (Å²) in [6.07, 6.45) is 2.75. The molecule has 1 saturated heterocycles. The number of phenolic OH excluding ortho intramolecular Hbond substituents is 1. The van der Waals surface area contributed by atoms with Crippen molar-refractivity contribution >= 4 is 17.5 Å². The van der Waals surface area contributed by atoms with Crippen molar-refractivity contribution in [3.63, 3.8) is 0 Å². The number of pyridine rings is 1. The van der Waals surface area contributed by atoms with Crippen LogP contribution in [0.4, 0.5) is 0 Å². The molecule has 1 aliphatic heterocycles. The number of ether oxygens (including phenoxy) is 1. The largest absolute Gasteiger partial charge is 0.508 e. The molecule has 0 radical (unpaired) electrons. The maximum atomic E-state index is 12.6. The molecule has 114 valence electrons. The Morgan fingerprint density at radius 3 is 3.05 bits per heavy atom. The topological polar surface area (TPSA) is 62.7 Å². The van der Waals surface area contributed by atoms with Gasteiger partial charge in [0.1, 0.15) is 11.9 Å². The van der Waals surface area contributed by atoms with Gasteiger partial charge in [-0.3, -0.25) is 9.78 Å². The summed E-state index contributed by atoms with van der Waals surface area (Å²) < 4.78 is 5.72. The summed E-state index contributed by atoms with van der Waals surface area (Å²) in [7, 11) is 0. The summed E-state index contributed by atoms with van der Waals surface area (Å²) in [6, 6.07) is 8.50. The zero-order valence-corrected chi connectivity index (χ0v) is 12.5. The minimum absolute atomic E-state index is 0.138. The maximum absolute atomic E-state index is 12.6. The minimum atomic E-state index is -0.259. The minimum Gasteiger partial charge on any atom is -0.508 e.